The molecule has 5 heterocycles. The molecule has 7 nitrogen and oxygen atoms in total. The molecule has 0 radical (unpaired) electrons. The molecule has 9 heteroatoms. The van der Waals surface area contributed by atoms with Gasteiger partial charge < -0.3 is 9.64 Å². The van der Waals surface area contributed by atoms with Crippen molar-refractivity contribution in [3.8, 4) is 5.69 Å². The van der Waals surface area contributed by atoms with E-state index in [-0.39, 0.29) is 11.9 Å². The second-order valence-corrected chi connectivity index (χ2v) is 8.34. The Morgan fingerprint density at radius 2 is 2.06 bits per heavy atom. The number of hydrogen-bond acceptors (Lipinski definition) is 5. The number of aromatic nitrogens is 5. The number of anilines is 1. The predicted octanol–water partition coefficient (Wildman–Crippen LogP) is 3.48. The van der Waals surface area contributed by atoms with Crippen LogP contribution < -0.4 is 4.90 Å². The number of fused-ring (bicyclic) bond motifs is 2. The Hall–Kier alpha value is -3.33. The highest BCUT2D eigenvalue weighted by Gasteiger charge is 2.28. The lowest BCUT2D eigenvalue weighted by Crippen LogP contribution is -2.32. The number of halogens is 2. The molecule has 1 saturated heterocycles. The van der Waals surface area contributed by atoms with Gasteiger partial charge in [0.15, 0.2) is 5.65 Å². The maximum atomic E-state index is 14.2. The SMILES string of the molecule is Fc1ccc(F)c(C[C@H]2CCCN2c2ccn3ncc(-n4ncc5c4CCOC5)c3n2)c1. The molecule has 4 aromatic rings. The zero-order valence-electron chi connectivity index (χ0n) is 17.4. The molecular formula is C23H22F2N6O. The van der Waals surface area contributed by atoms with Crippen LogP contribution in [0.5, 0.6) is 0 Å². The van der Waals surface area contributed by atoms with Gasteiger partial charge in [-0.1, -0.05) is 0 Å². The Labute approximate surface area is 183 Å². The summed E-state index contributed by atoms with van der Waals surface area (Å²) in [5.74, 6) is 0.0254. The van der Waals surface area contributed by atoms with E-state index in [1.54, 1.807) is 10.7 Å². The van der Waals surface area contributed by atoms with Crippen molar-refractivity contribution in [1.82, 2.24) is 24.4 Å². The van der Waals surface area contributed by atoms with E-state index in [4.69, 9.17) is 9.72 Å². The Morgan fingerprint density at radius 3 is 3.00 bits per heavy atom. The minimum Gasteiger partial charge on any atom is -0.376 e. The first-order chi connectivity index (χ1) is 15.7. The van der Waals surface area contributed by atoms with Gasteiger partial charge in [0.05, 0.1) is 31.3 Å². The van der Waals surface area contributed by atoms with E-state index in [0.717, 1.165) is 54.6 Å². The smallest absolute Gasteiger partial charge is 0.183 e. The highest BCUT2D eigenvalue weighted by molar-refractivity contribution is 5.62. The number of nitrogens with zero attached hydrogens (tertiary/aromatic N) is 6. The molecule has 1 aromatic carbocycles. The zero-order valence-corrected chi connectivity index (χ0v) is 17.4. The average Bonchev–Trinajstić information content (AvgIpc) is 3.53. The lowest BCUT2D eigenvalue weighted by Gasteiger charge is -2.26. The number of hydrogen-bond donors (Lipinski definition) is 0. The first-order valence-corrected chi connectivity index (χ1v) is 10.9. The van der Waals surface area contributed by atoms with Crippen molar-refractivity contribution < 1.29 is 13.5 Å². The van der Waals surface area contributed by atoms with E-state index >= 15 is 0 Å². The maximum Gasteiger partial charge on any atom is 0.183 e. The lowest BCUT2D eigenvalue weighted by atomic mass is 10.0. The highest BCUT2D eigenvalue weighted by Crippen LogP contribution is 2.29. The van der Waals surface area contributed by atoms with E-state index in [2.05, 4.69) is 15.1 Å². The molecule has 3 aromatic heterocycles. The van der Waals surface area contributed by atoms with Crippen LogP contribution in [-0.4, -0.2) is 43.6 Å². The largest absolute Gasteiger partial charge is 0.376 e. The molecule has 0 spiro atoms. The number of rotatable bonds is 4. The third-order valence-corrected chi connectivity index (χ3v) is 6.39. The highest BCUT2D eigenvalue weighted by atomic mass is 19.1. The fraction of sp³-hybridized carbons (Fsp3) is 0.348. The topological polar surface area (TPSA) is 60.5 Å². The Bertz CT molecular complexity index is 1300. The summed E-state index contributed by atoms with van der Waals surface area (Å²) < 4.78 is 37.1. The van der Waals surface area contributed by atoms with Crippen molar-refractivity contribution in [2.75, 3.05) is 18.1 Å². The molecule has 0 unspecified atom stereocenters. The molecule has 0 aliphatic carbocycles. The van der Waals surface area contributed by atoms with Crippen molar-refractivity contribution in [2.45, 2.75) is 38.3 Å². The van der Waals surface area contributed by atoms with E-state index < -0.39 is 5.82 Å². The van der Waals surface area contributed by atoms with Gasteiger partial charge in [-0.2, -0.15) is 10.2 Å². The van der Waals surface area contributed by atoms with Gasteiger partial charge in [-0.3, -0.25) is 0 Å². The quantitative estimate of drug-likeness (QED) is 0.490. The normalized spacial score (nSPS) is 18.4. The van der Waals surface area contributed by atoms with Crippen molar-refractivity contribution in [1.29, 1.82) is 0 Å². The van der Waals surface area contributed by atoms with Crippen molar-refractivity contribution in [3.63, 3.8) is 0 Å². The number of ether oxygens (including phenoxy) is 1. The van der Waals surface area contributed by atoms with Gasteiger partial charge in [-0.05, 0) is 49.1 Å². The summed E-state index contributed by atoms with van der Waals surface area (Å²) in [4.78, 5) is 7.11. The third kappa shape index (κ3) is 3.24. The van der Waals surface area contributed by atoms with Gasteiger partial charge in [-0.15, -0.1) is 0 Å². The molecule has 0 saturated carbocycles. The van der Waals surface area contributed by atoms with Gasteiger partial charge in [0.1, 0.15) is 23.1 Å². The molecule has 2 aliphatic rings. The van der Waals surface area contributed by atoms with Crippen LogP contribution in [0.15, 0.2) is 42.9 Å². The van der Waals surface area contributed by atoms with Crippen LogP contribution in [0.4, 0.5) is 14.6 Å². The monoisotopic (exact) mass is 436 g/mol. The van der Waals surface area contributed by atoms with Crippen LogP contribution in [0.25, 0.3) is 11.3 Å². The second-order valence-electron chi connectivity index (χ2n) is 8.34. The summed E-state index contributed by atoms with van der Waals surface area (Å²) in [6.45, 7) is 2.06. The zero-order chi connectivity index (χ0) is 21.7. The maximum absolute atomic E-state index is 14.2. The van der Waals surface area contributed by atoms with Crippen LogP contribution in [-0.2, 0) is 24.2 Å². The molecule has 32 heavy (non-hydrogen) atoms. The lowest BCUT2D eigenvalue weighted by molar-refractivity contribution is 0.109. The van der Waals surface area contributed by atoms with Crippen LogP contribution in [0.3, 0.4) is 0 Å². The number of benzene rings is 1. The first kappa shape index (κ1) is 19.4. The van der Waals surface area contributed by atoms with Crippen molar-refractivity contribution in [2.24, 2.45) is 0 Å². The molecule has 0 N–H and O–H groups in total. The summed E-state index contributed by atoms with van der Waals surface area (Å²) in [5.41, 5.74) is 4.14. The van der Waals surface area contributed by atoms with E-state index in [1.165, 1.54) is 12.1 Å². The minimum absolute atomic E-state index is 0.0576. The van der Waals surface area contributed by atoms with Gasteiger partial charge in [-0.25, -0.2) is 23.0 Å². The molecule has 1 fully saturated rings. The van der Waals surface area contributed by atoms with Crippen LogP contribution in [0.1, 0.15) is 29.7 Å². The molecule has 0 bridgehead atoms. The fourth-order valence-corrected chi connectivity index (χ4v) is 4.81. The standard InChI is InChI=1S/C23H22F2N6O/c24-17-3-4-19(25)15(10-17)11-18-2-1-7-29(18)22-5-8-30-23(28-22)21(13-26-30)31-20-6-9-32-14-16(20)12-27-31/h3-5,8,10,12-13,18H,1-2,6-7,9,11,14H2/t18-/m1/s1. The average molecular weight is 436 g/mol. The Kier molecular flexibility index (Phi) is 4.64. The predicted molar refractivity (Wildman–Crippen MR) is 114 cm³/mol. The van der Waals surface area contributed by atoms with Crippen LogP contribution in [0, 0.1) is 11.6 Å². The summed E-state index contributed by atoms with van der Waals surface area (Å²) >= 11 is 0. The van der Waals surface area contributed by atoms with Crippen LogP contribution in [0.2, 0.25) is 0 Å². The summed E-state index contributed by atoms with van der Waals surface area (Å²) in [5, 5.41) is 9.01. The molecule has 0 amide bonds. The fourth-order valence-electron chi connectivity index (χ4n) is 4.81. The van der Waals surface area contributed by atoms with Crippen LogP contribution >= 0.6 is 0 Å². The first-order valence-electron chi connectivity index (χ1n) is 10.9. The second kappa shape index (κ2) is 7.67. The van der Waals surface area contributed by atoms with E-state index in [9.17, 15) is 8.78 Å². The molecule has 2 aliphatic heterocycles. The Balaban J connectivity index is 1.35. The minimum atomic E-state index is -0.414. The molecular weight excluding hydrogens is 414 g/mol. The molecule has 1 atom stereocenters. The van der Waals surface area contributed by atoms with E-state index in [0.29, 0.717) is 30.8 Å². The van der Waals surface area contributed by atoms with Gasteiger partial charge in [0.2, 0.25) is 0 Å². The molecule has 164 valence electrons. The van der Waals surface area contributed by atoms with Crippen molar-refractivity contribution in [3.05, 3.63) is 71.3 Å². The van der Waals surface area contributed by atoms with Gasteiger partial charge in [0, 0.05) is 30.8 Å². The van der Waals surface area contributed by atoms with Gasteiger partial charge in [0.25, 0.3) is 0 Å². The summed E-state index contributed by atoms with van der Waals surface area (Å²) in [6, 6.07) is 5.63. The summed E-state index contributed by atoms with van der Waals surface area (Å²) in [6.07, 6.45) is 8.62. The Morgan fingerprint density at radius 1 is 1.12 bits per heavy atom. The van der Waals surface area contributed by atoms with Gasteiger partial charge >= 0.3 is 0 Å². The summed E-state index contributed by atoms with van der Waals surface area (Å²) in [7, 11) is 0. The third-order valence-electron chi connectivity index (χ3n) is 6.39. The van der Waals surface area contributed by atoms with Crippen molar-refractivity contribution >= 4 is 11.5 Å². The van der Waals surface area contributed by atoms with E-state index in [1.807, 2.05) is 23.1 Å². The molecule has 6 rings (SSSR count).